The summed E-state index contributed by atoms with van der Waals surface area (Å²) in [5.74, 6) is 0. The second kappa shape index (κ2) is 4.68. The van der Waals surface area contributed by atoms with Gasteiger partial charge < -0.3 is 4.98 Å². The Kier molecular flexibility index (Phi) is 3.02. The molecule has 0 fully saturated rings. The highest BCUT2D eigenvalue weighted by Crippen LogP contribution is 2.24. The number of nitrogens with one attached hydrogen (secondary N) is 1. The van der Waals surface area contributed by atoms with E-state index in [0.29, 0.717) is 10.0 Å². The molecule has 0 aliphatic rings. The van der Waals surface area contributed by atoms with Crippen LogP contribution in [0.3, 0.4) is 0 Å². The van der Waals surface area contributed by atoms with Gasteiger partial charge in [-0.05, 0) is 35.2 Å². The zero-order valence-electron chi connectivity index (χ0n) is 9.58. The molecule has 0 saturated carbocycles. The van der Waals surface area contributed by atoms with Gasteiger partial charge in [-0.2, -0.15) is 0 Å². The van der Waals surface area contributed by atoms with Gasteiger partial charge in [0.05, 0.1) is 10.0 Å². The van der Waals surface area contributed by atoms with E-state index in [1.54, 1.807) is 0 Å². The molecule has 0 radical (unpaired) electrons. The van der Waals surface area contributed by atoms with Crippen molar-refractivity contribution in [1.82, 2.24) is 4.98 Å². The van der Waals surface area contributed by atoms with Gasteiger partial charge in [-0.1, -0.05) is 47.5 Å². The van der Waals surface area contributed by atoms with Crippen LogP contribution in [0.25, 0.3) is 10.9 Å². The lowest BCUT2D eigenvalue weighted by molar-refractivity contribution is 1.12. The van der Waals surface area contributed by atoms with E-state index in [0.717, 1.165) is 17.5 Å². The first-order chi connectivity index (χ1) is 8.72. The van der Waals surface area contributed by atoms with Crippen LogP contribution in [0.2, 0.25) is 10.0 Å². The lowest BCUT2D eigenvalue weighted by Gasteiger charge is -2.01. The molecule has 1 N–H and O–H groups in total. The molecular weight excluding hydrogens is 265 g/mol. The average Bonchev–Trinajstić information content (AvgIpc) is 2.76. The summed E-state index contributed by atoms with van der Waals surface area (Å²) in [6, 6.07) is 16.2. The number of aromatic nitrogens is 1. The molecule has 0 spiro atoms. The minimum atomic E-state index is 0.595. The van der Waals surface area contributed by atoms with Crippen LogP contribution in [0.5, 0.6) is 0 Å². The number of halogens is 2. The maximum absolute atomic E-state index is 6.02. The van der Waals surface area contributed by atoms with Crippen molar-refractivity contribution < 1.29 is 0 Å². The van der Waals surface area contributed by atoms with Gasteiger partial charge >= 0.3 is 0 Å². The normalized spacial score (nSPS) is 11.0. The predicted octanol–water partition coefficient (Wildman–Crippen LogP) is 5.07. The number of H-pyrrole nitrogens is 1. The quantitative estimate of drug-likeness (QED) is 0.673. The number of benzene rings is 2. The molecule has 1 heterocycles. The largest absolute Gasteiger partial charge is 0.358 e. The zero-order chi connectivity index (χ0) is 12.5. The number of aromatic amines is 1. The van der Waals surface area contributed by atoms with Crippen LogP contribution in [0, 0.1) is 0 Å². The first-order valence-corrected chi connectivity index (χ1v) is 6.48. The molecule has 1 aromatic heterocycles. The summed E-state index contributed by atoms with van der Waals surface area (Å²) in [5, 5.41) is 2.43. The van der Waals surface area contributed by atoms with Gasteiger partial charge in [0.1, 0.15) is 0 Å². The molecule has 2 aromatic carbocycles. The Balaban J connectivity index is 1.93. The van der Waals surface area contributed by atoms with Crippen molar-refractivity contribution >= 4 is 34.1 Å². The molecule has 0 aliphatic carbocycles. The number of fused-ring (bicyclic) bond motifs is 1. The molecule has 1 nitrogen and oxygen atoms in total. The molecule has 0 aliphatic heterocycles. The molecule has 0 atom stereocenters. The highest BCUT2D eigenvalue weighted by molar-refractivity contribution is 6.42. The summed E-state index contributed by atoms with van der Waals surface area (Å²) in [5.41, 5.74) is 3.48. The third-order valence-corrected chi connectivity index (χ3v) is 3.70. The Labute approximate surface area is 115 Å². The van der Waals surface area contributed by atoms with E-state index in [1.807, 2.05) is 30.3 Å². The Morgan fingerprint density at radius 3 is 2.50 bits per heavy atom. The van der Waals surface area contributed by atoms with E-state index >= 15 is 0 Å². The molecule has 3 aromatic rings. The molecule has 3 heteroatoms. The van der Waals surface area contributed by atoms with Crippen LogP contribution in [0.15, 0.2) is 48.5 Å². The van der Waals surface area contributed by atoms with Crippen molar-refractivity contribution in [2.45, 2.75) is 6.42 Å². The van der Waals surface area contributed by atoms with Crippen LogP contribution in [-0.4, -0.2) is 4.98 Å². The van der Waals surface area contributed by atoms with Crippen LogP contribution < -0.4 is 0 Å². The van der Waals surface area contributed by atoms with Crippen molar-refractivity contribution in [1.29, 1.82) is 0 Å². The first-order valence-electron chi connectivity index (χ1n) is 5.73. The van der Waals surface area contributed by atoms with Crippen LogP contribution in [-0.2, 0) is 6.42 Å². The van der Waals surface area contributed by atoms with E-state index in [1.165, 1.54) is 11.1 Å². The van der Waals surface area contributed by atoms with Crippen LogP contribution in [0.4, 0.5) is 0 Å². The molecular formula is C15H11Cl2N. The second-order valence-electron chi connectivity index (χ2n) is 4.31. The molecule has 3 rings (SSSR count). The van der Waals surface area contributed by atoms with Crippen LogP contribution in [0.1, 0.15) is 11.3 Å². The van der Waals surface area contributed by atoms with Gasteiger partial charge in [-0.25, -0.2) is 0 Å². The Morgan fingerprint density at radius 2 is 1.72 bits per heavy atom. The minimum Gasteiger partial charge on any atom is -0.358 e. The Hall–Kier alpha value is -1.44. The Morgan fingerprint density at radius 1 is 0.889 bits per heavy atom. The number of hydrogen-bond donors (Lipinski definition) is 1. The first kappa shape index (κ1) is 11.6. The fraction of sp³-hybridized carbons (Fsp3) is 0.0667. The predicted molar refractivity (Wildman–Crippen MR) is 77.6 cm³/mol. The van der Waals surface area contributed by atoms with E-state index in [-0.39, 0.29) is 0 Å². The molecule has 0 saturated heterocycles. The highest BCUT2D eigenvalue weighted by atomic mass is 35.5. The van der Waals surface area contributed by atoms with E-state index in [4.69, 9.17) is 23.2 Å². The van der Waals surface area contributed by atoms with Crippen molar-refractivity contribution in [3.8, 4) is 0 Å². The molecule has 0 bridgehead atoms. The van der Waals surface area contributed by atoms with Gasteiger partial charge in [0.25, 0.3) is 0 Å². The maximum Gasteiger partial charge on any atom is 0.0595 e. The SMILES string of the molecule is Clc1ccc(Cc2cc3ccccc3[nH]2)cc1Cl. The lowest BCUT2D eigenvalue weighted by Crippen LogP contribution is -1.88. The number of para-hydroxylation sites is 1. The van der Waals surface area contributed by atoms with E-state index in [9.17, 15) is 0 Å². The monoisotopic (exact) mass is 275 g/mol. The summed E-state index contributed by atoms with van der Waals surface area (Å²) in [4.78, 5) is 3.40. The maximum atomic E-state index is 6.02. The van der Waals surface area contributed by atoms with Crippen molar-refractivity contribution in [2.75, 3.05) is 0 Å². The summed E-state index contributed by atoms with van der Waals surface area (Å²) >= 11 is 11.9. The topological polar surface area (TPSA) is 15.8 Å². The third-order valence-electron chi connectivity index (χ3n) is 2.96. The number of rotatable bonds is 2. The average molecular weight is 276 g/mol. The molecule has 0 amide bonds. The fourth-order valence-electron chi connectivity index (χ4n) is 2.10. The summed E-state index contributed by atoms with van der Waals surface area (Å²) < 4.78 is 0. The molecule has 18 heavy (non-hydrogen) atoms. The van der Waals surface area contributed by atoms with E-state index < -0.39 is 0 Å². The summed E-state index contributed by atoms with van der Waals surface area (Å²) in [6.07, 6.45) is 0.825. The standard InChI is InChI=1S/C15H11Cl2N/c16-13-6-5-10(8-14(13)17)7-12-9-11-3-1-2-4-15(11)18-12/h1-6,8-9,18H,7H2. The smallest absolute Gasteiger partial charge is 0.0595 e. The van der Waals surface area contributed by atoms with Crippen molar-refractivity contribution in [3.05, 3.63) is 69.8 Å². The van der Waals surface area contributed by atoms with Gasteiger partial charge in [0.15, 0.2) is 0 Å². The summed E-state index contributed by atoms with van der Waals surface area (Å²) in [6.45, 7) is 0. The van der Waals surface area contributed by atoms with E-state index in [2.05, 4.69) is 23.2 Å². The van der Waals surface area contributed by atoms with Gasteiger partial charge in [-0.15, -0.1) is 0 Å². The minimum absolute atomic E-state index is 0.595. The van der Waals surface area contributed by atoms with Gasteiger partial charge in [-0.3, -0.25) is 0 Å². The van der Waals surface area contributed by atoms with Gasteiger partial charge in [0, 0.05) is 17.6 Å². The molecule has 0 unspecified atom stereocenters. The van der Waals surface area contributed by atoms with Crippen LogP contribution >= 0.6 is 23.2 Å². The van der Waals surface area contributed by atoms with Gasteiger partial charge in [0.2, 0.25) is 0 Å². The summed E-state index contributed by atoms with van der Waals surface area (Å²) in [7, 11) is 0. The second-order valence-corrected chi connectivity index (χ2v) is 5.12. The lowest BCUT2D eigenvalue weighted by atomic mass is 10.1. The Bertz CT molecular complexity index is 668. The fourth-order valence-corrected chi connectivity index (χ4v) is 2.42. The van der Waals surface area contributed by atoms with Crippen molar-refractivity contribution in [2.24, 2.45) is 0 Å². The zero-order valence-corrected chi connectivity index (χ0v) is 11.1. The molecule has 90 valence electrons. The van der Waals surface area contributed by atoms with Crippen molar-refractivity contribution in [3.63, 3.8) is 0 Å². The highest BCUT2D eigenvalue weighted by Gasteiger charge is 2.03. The third kappa shape index (κ3) is 2.24. The number of hydrogen-bond acceptors (Lipinski definition) is 0.